The highest BCUT2D eigenvalue weighted by molar-refractivity contribution is 7.99. The van der Waals surface area contributed by atoms with Crippen LogP contribution in [0.15, 0.2) is 27.5 Å². The van der Waals surface area contributed by atoms with E-state index in [0.717, 1.165) is 16.3 Å². The minimum Gasteiger partial charge on any atom is -0.419 e. The highest BCUT2D eigenvalue weighted by Gasteiger charge is 2.27. The zero-order chi connectivity index (χ0) is 15.7. The van der Waals surface area contributed by atoms with Crippen molar-refractivity contribution in [3.8, 4) is 17.5 Å². The van der Waals surface area contributed by atoms with E-state index in [1.54, 1.807) is 25.6 Å². The van der Waals surface area contributed by atoms with Gasteiger partial charge in [-0.15, -0.1) is 22.0 Å². The molecule has 0 saturated heterocycles. The lowest BCUT2D eigenvalue weighted by atomic mass is 9.96. The minimum atomic E-state index is -0.832. The van der Waals surface area contributed by atoms with Gasteiger partial charge in [-0.2, -0.15) is 5.26 Å². The van der Waals surface area contributed by atoms with E-state index in [0.29, 0.717) is 17.9 Å². The summed E-state index contributed by atoms with van der Waals surface area (Å²) in [5.41, 5.74) is 0.638. The predicted molar refractivity (Wildman–Crippen MR) is 82.3 cm³/mol. The van der Waals surface area contributed by atoms with Crippen LogP contribution in [0.2, 0.25) is 0 Å². The lowest BCUT2D eigenvalue weighted by Crippen LogP contribution is -2.14. The van der Waals surface area contributed by atoms with E-state index >= 15 is 0 Å². The molecule has 0 spiro atoms. The molecule has 1 N–H and O–H groups in total. The van der Waals surface area contributed by atoms with Crippen LogP contribution in [0.3, 0.4) is 0 Å². The van der Waals surface area contributed by atoms with Crippen LogP contribution in [-0.4, -0.2) is 21.9 Å². The molecule has 0 saturated carbocycles. The third kappa shape index (κ3) is 2.70. The van der Waals surface area contributed by atoms with Crippen LogP contribution >= 0.6 is 11.8 Å². The van der Waals surface area contributed by atoms with Gasteiger partial charge in [-0.05, 0) is 32.0 Å². The molecular formula is C15H14N4O2S. The summed E-state index contributed by atoms with van der Waals surface area (Å²) in [6.07, 6.45) is 0.496. The molecule has 112 valence electrons. The Morgan fingerprint density at radius 1 is 1.41 bits per heavy atom. The molecule has 0 aliphatic carbocycles. The molecule has 0 fully saturated rings. The Labute approximate surface area is 131 Å². The smallest absolute Gasteiger partial charge is 0.247 e. The molecule has 1 aliphatic rings. The first-order chi connectivity index (χ1) is 10.5. The van der Waals surface area contributed by atoms with Crippen molar-refractivity contribution >= 4 is 23.4 Å². The minimum absolute atomic E-state index is 0.000215. The van der Waals surface area contributed by atoms with Gasteiger partial charge in [0.1, 0.15) is 5.41 Å². The monoisotopic (exact) mass is 314 g/mol. The van der Waals surface area contributed by atoms with Gasteiger partial charge in [0, 0.05) is 22.6 Å². The Morgan fingerprint density at radius 2 is 2.23 bits per heavy atom. The second-order valence-corrected chi connectivity index (χ2v) is 6.64. The molecule has 1 aromatic heterocycles. The van der Waals surface area contributed by atoms with E-state index in [2.05, 4.69) is 21.6 Å². The molecule has 1 amide bonds. The lowest BCUT2D eigenvalue weighted by molar-refractivity contribution is -0.115. The molecule has 22 heavy (non-hydrogen) atoms. The Morgan fingerprint density at radius 3 is 3.00 bits per heavy atom. The number of carbonyl (C=O) groups excluding carboxylic acids is 1. The predicted octanol–water partition coefficient (Wildman–Crippen LogP) is 2.97. The van der Waals surface area contributed by atoms with Crippen molar-refractivity contribution in [3.63, 3.8) is 0 Å². The number of nitriles is 1. The Bertz CT molecular complexity index is 776. The molecule has 1 aliphatic heterocycles. The largest absolute Gasteiger partial charge is 0.419 e. The SMILES string of the molecule is CC(C)(C#N)c1nnc(-c2ccc3c(c2)NC(=O)CCS3)o1. The fraction of sp³-hybridized carbons (Fsp3) is 0.333. The maximum Gasteiger partial charge on any atom is 0.247 e. The van der Waals surface area contributed by atoms with Gasteiger partial charge in [-0.1, -0.05) is 0 Å². The van der Waals surface area contributed by atoms with Gasteiger partial charge >= 0.3 is 0 Å². The zero-order valence-corrected chi connectivity index (χ0v) is 13.0. The topological polar surface area (TPSA) is 91.8 Å². The van der Waals surface area contributed by atoms with Crippen molar-refractivity contribution in [1.82, 2.24) is 10.2 Å². The number of fused-ring (bicyclic) bond motifs is 1. The second-order valence-electron chi connectivity index (χ2n) is 5.51. The van der Waals surface area contributed by atoms with Crippen molar-refractivity contribution in [2.24, 2.45) is 0 Å². The van der Waals surface area contributed by atoms with Crippen molar-refractivity contribution < 1.29 is 9.21 Å². The second kappa shape index (κ2) is 5.46. The average Bonchev–Trinajstić information content (AvgIpc) is 2.92. The summed E-state index contributed by atoms with van der Waals surface area (Å²) in [5, 5.41) is 20.0. The first kappa shape index (κ1) is 14.6. The number of amides is 1. The molecule has 1 aromatic carbocycles. The third-order valence-electron chi connectivity index (χ3n) is 3.33. The summed E-state index contributed by atoms with van der Waals surface area (Å²) in [7, 11) is 0. The molecule has 2 aromatic rings. The average molecular weight is 314 g/mol. The van der Waals surface area contributed by atoms with E-state index in [1.165, 1.54) is 0 Å². The summed E-state index contributed by atoms with van der Waals surface area (Å²) in [4.78, 5) is 12.7. The molecule has 7 heteroatoms. The van der Waals surface area contributed by atoms with Gasteiger partial charge in [0.2, 0.25) is 17.7 Å². The third-order valence-corrected chi connectivity index (χ3v) is 4.40. The standard InChI is InChI=1S/C15H14N4O2S/c1-15(2,8-16)14-19-18-13(21-14)9-3-4-11-10(7-9)17-12(20)5-6-22-11/h3-4,7H,5-6H2,1-2H3,(H,17,20). The number of nitrogens with one attached hydrogen (secondary N) is 1. The van der Waals surface area contributed by atoms with E-state index in [1.807, 2.05) is 18.2 Å². The highest BCUT2D eigenvalue weighted by Crippen LogP contribution is 2.34. The highest BCUT2D eigenvalue weighted by atomic mass is 32.2. The first-order valence-electron chi connectivity index (χ1n) is 6.82. The Hall–Kier alpha value is -2.33. The van der Waals surface area contributed by atoms with Crippen molar-refractivity contribution in [3.05, 3.63) is 24.1 Å². The van der Waals surface area contributed by atoms with Gasteiger partial charge in [-0.25, -0.2) is 0 Å². The van der Waals surface area contributed by atoms with Gasteiger partial charge in [0.05, 0.1) is 11.8 Å². The lowest BCUT2D eigenvalue weighted by Gasteiger charge is -2.08. The molecule has 3 rings (SSSR count). The summed E-state index contributed by atoms with van der Waals surface area (Å²) >= 11 is 1.64. The number of benzene rings is 1. The number of anilines is 1. The first-order valence-corrected chi connectivity index (χ1v) is 7.80. The number of nitrogens with zero attached hydrogens (tertiary/aromatic N) is 3. The van der Waals surface area contributed by atoms with Gasteiger partial charge in [0.15, 0.2) is 0 Å². The maximum absolute atomic E-state index is 11.7. The van der Waals surface area contributed by atoms with Gasteiger partial charge in [0.25, 0.3) is 0 Å². The number of rotatable bonds is 2. The van der Waals surface area contributed by atoms with Crippen molar-refractivity contribution in [2.75, 3.05) is 11.1 Å². The van der Waals surface area contributed by atoms with Crippen LogP contribution < -0.4 is 5.32 Å². The summed E-state index contributed by atoms with van der Waals surface area (Å²) in [6.45, 7) is 3.44. The van der Waals surface area contributed by atoms with Gasteiger partial charge in [-0.3, -0.25) is 4.79 Å². The zero-order valence-electron chi connectivity index (χ0n) is 12.2. The van der Waals surface area contributed by atoms with Crippen LogP contribution in [-0.2, 0) is 10.2 Å². The number of aromatic nitrogens is 2. The molecule has 0 atom stereocenters. The molecule has 0 radical (unpaired) electrons. The normalized spacial score (nSPS) is 14.7. The fourth-order valence-electron chi connectivity index (χ4n) is 1.99. The van der Waals surface area contributed by atoms with Crippen molar-refractivity contribution in [2.45, 2.75) is 30.6 Å². The quantitative estimate of drug-likeness (QED) is 0.916. The van der Waals surface area contributed by atoms with Crippen LogP contribution in [0.1, 0.15) is 26.2 Å². The summed E-state index contributed by atoms with van der Waals surface area (Å²) in [6, 6.07) is 7.76. The van der Waals surface area contributed by atoms with Crippen LogP contribution in [0.4, 0.5) is 5.69 Å². The van der Waals surface area contributed by atoms with Gasteiger partial charge < -0.3 is 9.73 Å². The van der Waals surface area contributed by atoms with E-state index in [4.69, 9.17) is 9.68 Å². The maximum atomic E-state index is 11.7. The van der Waals surface area contributed by atoms with Crippen molar-refractivity contribution in [1.29, 1.82) is 5.26 Å². The van der Waals surface area contributed by atoms with E-state index < -0.39 is 5.41 Å². The number of hydrogen-bond acceptors (Lipinski definition) is 6. The van der Waals surface area contributed by atoms with E-state index in [9.17, 15) is 4.79 Å². The number of hydrogen-bond donors (Lipinski definition) is 1. The fourth-order valence-corrected chi connectivity index (χ4v) is 2.93. The summed E-state index contributed by atoms with van der Waals surface area (Å²) < 4.78 is 5.61. The number of carbonyl (C=O) groups is 1. The summed E-state index contributed by atoms with van der Waals surface area (Å²) in [5.74, 6) is 1.38. The molecule has 0 bridgehead atoms. The Kier molecular flexibility index (Phi) is 3.62. The Balaban J connectivity index is 1.97. The molecule has 6 nitrogen and oxygen atoms in total. The molecular weight excluding hydrogens is 300 g/mol. The van der Waals surface area contributed by atoms with E-state index in [-0.39, 0.29) is 11.8 Å². The van der Waals surface area contributed by atoms with Crippen LogP contribution in [0.5, 0.6) is 0 Å². The van der Waals surface area contributed by atoms with Crippen LogP contribution in [0.25, 0.3) is 11.5 Å². The number of thioether (sulfide) groups is 1. The molecule has 0 unspecified atom stereocenters. The molecule has 2 heterocycles. The van der Waals surface area contributed by atoms with Crippen LogP contribution in [0, 0.1) is 11.3 Å².